The average Bonchev–Trinajstić information content (AvgIpc) is 3.43. The number of likely N-dealkylation sites (N-methyl/N-ethyl adjacent to an activating group) is 1. The predicted molar refractivity (Wildman–Crippen MR) is 120 cm³/mol. The summed E-state index contributed by atoms with van der Waals surface area (Å²) in [7, 11) is 1.61. The van der Waals surface area contributed by atoms with Crippen molar-refractivity contribution in [2.75, 3.05) is 38.7 Å². The van der Waals surface area contributed by atoms with E-state index in [1.165, 1.54) is 11.3 Å². The number of hydrogen-bond acceptors (Lipinski definition) is 7. The number of nitrogens with zero attached hydrogens (tertiary/aromatic N) is 2. The zero-order valence-electron chi connectivity index (χ0n) is 16.8. The molecule has 0 unspecified atom stereocenters. The molecule has 1 N–H and O–H groups in total. The highest BCUT2D eigenvalue weighted by Gasteiger charge is 2.14. The van der Waals surface area contributed by atoms with E-state index in [1.807, 2.05) is 17.5 Å². The van der Waals surface area contributed by atoms with Crippen LogP contribution in [0.15, 0.2) is 41.9 Å². The van der Waals surface area contributed by atoms with Gasteiger partial charge >= 0.3 is 0 Å². The van der Waals surface area contributed by atoms with Crippen LogP contribution in [0.4, 0.5) is 5.69 Å². The number of rotatable bonds is 10. The van der Waals surface area contributed by atoms with Crippen molar-refractivity contribution in [3.8, 4) is 21.4 Å². The van der Waals surface area contributed by atoms with E-state index in [4.69, 9.17) is 9.47 Å². The molecular formula is C21H25N3O3S2. The quantitative estimate of drug-likeness (QED) is 0.497. The number of anilines is 1. The number of carbonyl (C=O) groups is 1. The number of amides is 1. The number of benzene rings is 1. The molecule has 0 atom stereocenters. The van der Waals surface area contributed by atoms with Crippen molar-refractivity contribution in [1.29, 1.82) is 0 Å². The topological polar surface area (TPSA) is 63.7 Å². The summed E-state index contributed by atoms with van der Waals surface area (Å²) in [6.07, 6.45) is 1.61. The van der Waals surface area contributed by atoms with Crippen molar-refractivity contribution in [3.63, 3.8) is 0 Å². The van der Waals surface area contributed by atoms with Gasteiger partial charge in [-0.15, -0.1) is 22.7 Å². The first-order valence-electron chi connectivity index (χ1n) is 9.48. The summed E-state index contributed by atoms with van der Waals surface area (Å²) in [6.45, 7) is 7.60. The molecule has 0 spiro atoms. The van der Waals surface area contributed by atoms with Crippen LogP contribution in [0.25, 0.3) is 9.88 Å². The highest BCUT2D eigenvalue weighted by atomic mass is 32.1. The van der Waals surface area contributed by atoms with Crippen LogP contribution < -0.4 is 14.8 Å². The summed E-state index contributed by atoms with van der Waals surface area (Å²) in [6, 6.07) is 9.36. The fraction of sp³-hybridized carbons (Fsp3) is 0.333. The molecule has 3 rings (SSSR count). The third kappa shape index (κ3) is 5.56. The number of methoxy groups -OCH3 is 1. The molecule has 0 radical (unpaired) electrons. The predicted octanol–water partition coefficient (Wildman–Crippen LogP) is 4.85. The summed E-state index contributed by atoms with van der Waals surface area (Å²) in [5.74, 6) is 1.06. The van der Waals surface area contributed by atoms with Gasteiger partial charge in [0.25, 0.3) is 5.91 Å². The van der Waals surface area contributed by atoms with E-state index in [2.05, 4.69) is 29.0 Å². The molecule has 29 heavy (non-hydrogen) atoms. The molecule has 0 saturated carbocycles. The maximum Gasteiger partial charge on any atom is 0.267 e. The molecule has 1 aromatic carbocycles. The van der Waals surface area contributed by atoms with Crippen molar-refractivity contribution < 1.29 is 14.3 Å². The van der Waals surface area contributed by atoms with Gasteiger partial charge in [0, 0.05) is 18.3 Å². The Kier molecular flexibility index (Phi) is 7.62. The lowest BCUT2D eigenvalue weighted by Crippen LogP contribution is -2.28. The Morgan fingerprint density at radius 3 is 2.72 bits per heavy atom. The number of aromatic nitrogens is 1. The van der Waals surface area contributed by atoms with E-state index in [9.17, 15) is 4.79 Å². The van der Waals surface area contributed by atoms with E-state index in [1.54, 1.807) is 42.8 Å². The Morgan fingerprint density at radius 2 is 2.03 bits per heavy atom. The summed E-state index contributed by atoms with van der Waals surface area (Å²) >= 11 is 2.98. The Balaban J connectivity index is 1.66. The molecule has 8 heteroatoms. The lowest BCUT2D eigenvalue weighted by Gasteiger charge is -2.19. The van der Waals surface area contributed by atoms with E-state index in [0.717, 1.165) is 29.5 Å². The van der Waals surface area contributed by atoms with Crippen molar-refractivity contribution in [2.45, 2.75) is 13.8 Å². The summed E-state index contributed by atoms with van der Waals surface area (Å²) in [5, 5.41) is 5.76. The third-order valence-electron chi connectivity index (χ3n) is 4.44. The molecule has 3 aromatic rings. The van der Waals surface area contributed by atoms with Crippen LogP contribution in [0, 0.1) is 0 Å². The Morgan fingerprint density at radius 1 is 1.21 bits per heavy atom. The van der Waals surface area contributed by atoms with Crippen molar-refractivity contribution in [2.24, 2.45) is 0 Å². The highest BCUT2D eigenvalue weighted by Crippen LogP contribution is 2.32. The first-order chi connectivity index (χ1) is 14.1. The zero-order chi connectivity index (χ0) is 20.6. The second-order valence-corrected chi connectivity index (χ2v) is 8.18. The van der Waals surface area contributed by atoms with Crippen LogP contribution in [-0.4, -0.2) is 49.1 Å². The third-order valence-corrected chi connectivity index (χ3v) is 6.48. The summed E-state index contributed by atoms with van der Waals surface area (Å²) in [5.41, 5.74) is 0.653. The van der Waals surface area contributed by atoms with Crippen LogP contribution >= 0.6 is 22.7 Å². The van der Waals surface area contributed by atoms with Gasteiger partial charge in [0.1, 0.15) is 16.5 Å². The Labute approximate surface area is 179 Å². The minimum atomic E-state index is -0.190. The minimum absolute atomic E-state index is 0.190. The molecule has 2 aromatic heterocycles. The number of thiophene rings is 1. The van der Waals surface area contributed by atoms with Gasteiger partial charge in [0.15, 0.2) is 11.5 Å². The summed E-state index contributed by atoms with van der Waals surface area (Å²) in [4.78, 5) is 20.9. The van der Waals surface area contributed by atoms with Crippen LogP contribution in [0.3, 0.4) is 0 Å². The molecule has 6 nitrogen and oxygen atoms in total. The maximum absolute atomic E-state index is 12.6. The summed E-state index contributed by atoms with van der Waals surface area (Å²) < 4.78 is 11.3. The zero-order valence-corrected chi connectivity index (χ0v) is 18.4. The molecule has 2 heterocycles. The van der Waals surface area contributed by atoms with Gasteiger partial charge in [-0.05, 0) is 36.7 Å². The van der Waals surface area contributed by atoms with Gasteiger partial charge in [0.2, 0.25) is 0 Å². The van der Waals surface area contributed by atoms with Gasteiger partial charge in [-0.2, -0.15) is 0 Å². The molecule has 0 saturated heterocycles. The standard InChI is InChI=1S/C21H25N3O3S2/c1-4-24(5-2)10-11-27-17-13-15(8-9-16(17)26-3)23-20(25)19-14-22-21(29-19)18-7-6-12-28-18/h6-9,12-14H,4-5,10-11H2,1-3H3,(H,23,25). The molecule has 0 fully saturated rings. The van der Waals surface area contributed by atoms with Gasteiger partial charge in [-0.3, -0.25) is 4.79 Å². The van der Waals surface area contributed by atoms with Crippen LogP contribution in [0.1, 0.15) is 23.5 Å². The van der Waals surface area contributed by atoms with Gasteiger partial charge < -0.3 is 19.7 Å². The van der Waals surface area contributed by atoms with E-state index >= 15 is 0 Å². The number of carbonyl (C=O) groups excluding carboxylic acids is 1. The first-order valence-corrected chi connectivity index (χ1v) is 11.2. The second-order valence-electron chi connectivity index (χ2n) is 6.20. The lowest BCUT2D eigenvalue weighted by atomic mass is 10.2. The molecule has 0 bridgehead atoms. The van der Waals surface area contributed by atoms with Gasteiger partial charge in [-0.1, -0.05) is 19.9 Å². The van der Waals surface area contributed by atoms with Crippen molar-refractivity contribution in [3.05, 3.63) is 46.8 Å². The van der Waals surface area contributed by atoms with E-state index in [-0.39, 0.29) is 5.91 Å². The van der Waals surface area contributed by atoms with E-state index in [0.29, 0.717) is 28.7 Å². The minimum Gasteiger partial charge on any atom is -0.493 e. The molecule has 0 aliphatic heterocycles. The fourth-order valence-corrected chi connectivity index (χ4v) is 4.39. The van der Waals surface area contributed by atoms with Crippen LogP contribution in [-0.2, 0) is 0 Å². The monoisotopic (exact) mass is 431 g/mol. The number of thiazole rings is 1. The van der Waals surface area contributed by atoms with Crippen LogP contribution in [0.5, 0.6) is 11.5 Å². The van der Waals surface area contributed by atoms with Crippen LogP contribution in [0.2, 0.25) is 0 Å². The first kappa shape index (κ1) is 21.3. The molecule has 0 aliphatic rings. The number of nitrogens with one attached hydrogen (secondary N) is 1. The van der Waals surface area contributed by atoms with Crippen molar-refractivity contribution >= 4 is 34.3 Å². The van der Waals surface area contributed by atoms with Gasteiger partial charge in [-0.25, -0.2) is 4.98 Å². The number of hydrogen-bond donors (Lipinski definition) is 1. The van der Waals surface area contributed by atoms with Gasteiger partial charge in [0.05, 0.1) is 18.2 Å². The smallest absolute Gasteiger partial charge is 0.267 e. The second kappa shape index (κ2) is 10.4. The largest absolute Gasteiger partial charge is 0.493 e. The lowest BCUT2D eigenvalue weighted by molar-refractivity contribution is 0.103. The molecule has 1 amide bonds. The fourth-order valence-electron chi connectivity index (χ4n) is 2.78. The molecular weight excluding hydrogens is 406 g/mol. The maximum atomic E-state index is 12.6. The average molecular weight is 432 g/mol. The van der Waals surface area contributed by atoms with E-state index < -0.39 is 0 Å². The Hall–Kier alpha value is -2.42. The Bertz CT molecular complexity index is 921. The SMILES string of the molecule is CCN(CC)CCOc1cc(NC(=O)c2cnc(-c3cccs3)s2)ccc1OC. The molecule has 0 aliphatic carbocycles. The van der Waals surface area contributed by atoms with Crippen molar-refractivity contribution in [1.82, 2.24) is 9.88 Å². The molecule has 154 valence electrons. The normalized spacial score (nSPS) is 10.9. The number of ether oxygens (including phenoxy) is 2. The highest BCUT2D eigenvalue weighted by molar-refractivity contribution is 7.22.